The molecular formula is C14H29O5P. The Morgan fingerprint density at radius 1 is 1.05 bits per heavy atom. The summed E-state index contributed by atoms with van der Waals surface area (Å²) >= 11 is 0. The smallest absolute Gasteiger partial charge is 0.472 e. The predicted molar refractivity (Wildman–Crippen MR) is 80.4 cm³/mol. The average molecular weight is 308 g/mol. The summed E-state index contributed by atoms with van der Waals surface area (Å²) in [6.07, 6.45) is 2.58. The fourth-order valence-corrected chi connectivity index (χ4v) is 2.96. The first-order valence-electron chi connectivity index (χ1n) is 6.85. The van der Waals surface area contributed by atoms with Crippen molar-refractivity contribution in [3.63, 3.8) is 0 Å². The zero-order valence-electron chi connectivity index (χ0n) is 14.0. The molecule has 6 heteroatoms. The van der Waals surface area contributed by atoms with Gasteiger partial charge >= 0.3 is 7.82 Å². The van der Waals surface area contributed by atoms with Crippen LogP contribution in [0.15, 0.2) is 11.8 Å². The third kappa shape index (κ3) is 9.54. The van der Waals surface area contributed by atoms with Crippen molar-refractivity contribution in [2.24, 2.45) is 0 Å². The van der Waals surface area contributed by atoms with Crippen LogP contribution >= 0.6 is 7.82 Å². The van der Waals surface area contributed by atoms with E-state index >= 15 is 0 Å². The zero-order chi connectivity index (χ0) is 16.0. The summed E-state index contributed by atoms with van der Waals surface area (Å²) in [6, 6.07) is 0. The van der Waals surface area contributed by atoms with Gasteiger partial charge in [-0.15, -0.1) is 0 Å². The minimum atomic E-state index is -3.69. The predicted octanol–water partition coefficient (Wildman–Crippen LogP) is 5.03. The van der Waals surface area contributed by atoms with E-state index in [1.165, 1.54) is 0 Å². The molecule has 0 fully saturated rings. The number of hydrogen-bond acceptors (Lipinski definition) is 5. The van der Waals surface area contributed by atoms with Crippen LogP contribution in [-0.2, 0) is 22.9 Å². The Kier molecular flexibility index (Phi) is 7.47. The van der Waals surface area contributed by atoms with Crippen LogP contribution in [0.25, 0.3) is 0 Å². The second-order valence-electron chi connectivity index (χ2n) is 6.35. The van der Waals surface area contributed by atoms with Gasteiger partial charge in [-0.3, -0.25) is 9.05 Å². The Bertz CT molecular complexity index is 343. The van der Waals surface area contributed by atoms with E-state index in [1.807, 2.05) is 19.9 Å². The van der Waals surface area contributed by atoms with Crippen LogP contribution in [0.4, 0.5) is 0 Å². The summed E-state index contributed by atoms with van der Waals surface area (Å²) in [5, 5.41) is 0. The maximum absolute atomic E-state index is 12.6. The van der Waals surface area contributed by atoms with Gasteiger partial charge in [-0.1, -0.05) is 6.92 Å². The lowest BCUT2D eigenvalue weighted by molar-refractivity contribution is -0.0336. The van der Waals surface area contributed by atoms with Gasteiger partial charge in [0.25, 0.3) is 0 Å². The maximum Gasteiger partial charge on any atom is 0.478 e. The topological polar surface area (TPSA) is 54.0 Å². The van der Waals surface area contributed by atoms with Crippen LogP contribution in [0.3, 0.4) is 0 Å². The van der Waals surface area contributed by atoms with E-state index in [0.717, 1.165) is 12.2 Å². The van der Waals surface area contributed by atoms with Crippen molar-refractivity contribution in [1.82, 2.24) is 0 Å². The lowest BCUT2D eigenvalue weighted by Gasteiger charge is -2.30. The van der Waals surface area contributed by atoms with Gasteiger partial charge in [0, 0.05) is 6.42 Å². The van der Waals surface area contributed by atoms with Crippen molar-refractivity contribution in [1.29, 1.82) is 0 Å². The van der Waals surface area contributed by atoms with E-state index < -0.39 is 19.0 Å². The Morgan fingerprint density at radius 3 is 1.80 bits per heavy atom. The van der Waals surface area contributed by atoms with Gasteiger partial charge in [-0.2, -0.15) is 0 Å². The summed E-state index contributed by atoms with van der Waals surface area (Å²) in [6.45, 7) is 14.4. The molecule has 0 N–H and O–H groups in total. The molecule has 0 amide bonds. The first kappa shape index (κ1) is 19.7. The van der Waals surface area contributed by atoms with E-state index in [9.17, 15) is 4.57 Å². The molecule has 0 aromatic carbocycles. The standard InChI is InChI=1S/C14H29O5P/c1-9-12(10-2)16-11-17-20(15,18-13(3,4)5)19-14(6,7)8/h9H,10-11H2,1-8H3. The third-order valence-electron chi connectivity index (χ3n) is 1.90. The number of rotatable bonds is 7. The fraction of sp³-hybridized carbons (Fsp3) is 0.857. The molecule has 0 aromatic rings. The first-order chi connectivity index (χ1) is 8.91. The summed E-state index contributed by atoms with van der Waals surface area (Å²) < 4.78 is 34.2. The van der Waals surface area contributed by atoms with E-state index in [4.69, 9.17) is 18.3 Å². The van der Waals surface area contributed by atoms with Crippen LogP contribution in [0, 0.1) is 0 Å². The van der Waals surface area contributed by atoms with Crippen LogP contribution in [0.1, 0.15) is 61.8 Å². The summed E-state index contributed by atoms with van der Waals surface area (Å²) in [5.74, 6) is 0.767. The number of ether oxygens (including phenoxy) is 1. The molecule has 0 aromatic heterocycles. The van der Waals surface area contributed by atoms with Gasteiger partial charge in [0.05, 0.1) is 17.0 Å². The molecule has 20 heavy (non-hydrogen) atoms. The van der Waals surface area contributed by atoms with Gasteiger partial charge in [-0.25, -0.2) is 9.09 Å². The van der Waals surface area contributed by atoms with E-state index in [1.54, 1.807) is 41.5 Å². The molecule has 0 aliphatic rings. The second-order valence-corrected chi connectivity index (χ2v) is 7.87. The molecule has 5 nitrogen and oxygen atoms in total. The molecule has 0 saturated carbocycles. The summed E-state index contributed by atoms with van der Waals surface area (Å²) in [5.41, 5.74) is -1.29. The van der Waals surface area contributed by atoms with Gasteiger partial charge in [0.1, 0.15) is 0 Å². The Labute approximate surface area is 123 Å². The Balaban J connectivity index is 4.75. The largest absolute Gasteiger partial charge is 0.478 e. The van der Waals surface area contributed by atoms with Crippen molar-refractivity contribution in [3.8, 4) is 0 Å². The molecule has 0 bridgehead atoms. The third-order valence-corrected chi connectivity index (χ3v) is 3.86. The number of phosphoric acid groups is 1. The van der Waals surface area contributed by atoms with Gasteiger partial charge < -0.3 is 4.74 Å². The average Bonchev–Trinajstić information content (AvgIpc) is 2.18. The molecule has 0 aliphatic heterocycles. The van der Waals surface area contributed by atoms with E-state index in [0.29, 0.717) is 0 Å². The molecule has 0 radical (unpaired) electrons. The van der Waals surface area contributed by atoms with Crippen molar-refractivity contribution in [2.75, 3.05) is 6.79 Å². The molecule has 0 saturated heterocycles. The fourth-order valence-electron chi connectivity index (χ4n) is 1.30. The molecule has 0 unspecified atom stereocenters. The van der Waals surface area contributed by atoms with Crippen molar-refractivity contribution < 1.29 is 22.9 Å². The second kappa shape index (κ2) is 7.60. The van der Waals surface area contributed by atoms with Crippen LogP contribution in [-0.4, -0.2) is 18.0 Å². The van der Waals surface area contributed by atoms with Crippen molar-refractivity contribution in [3.05, 3.63) is 11.8 Å². The highest BCUT2D eigenvalue weighted by molar-refractivity contribution is 7.48. The molecule has 120 valence electrons. The lowest BCUT2D eigenvalue weighted by atomic mass is 10.2. The number of hydrogen-bond donors (Lipinski definition) is 0. The molecule has 0 rings (SSSR count). The van der Waals surface area contributed by atoms with Crippen LogP contribution in [0.2, 0.25) is 0 Å². The minimum Gasteiger partial charge on any atom is -0.472 e. The van der Waals surface area contributed by atoms with Crippen molar-refractivity contribution in [2.45, 2.75) is 73.0 Å². The molecule has 0 spiro atoms. The lowest BCUT2D eigenvalue weighted by Crippen LogP contribution is -2.25. The number of allylic oxidation sites excluding steroid dienone is 2. The van der Waals surface area contributed by atoms with Crippen LogP contribution in [0.5, 0.6) is 0 Å². The quantitative estimate of drug-likeness (QED) is 0.375. The molecular weight excluding hydrogens is 279 g/mol. The zero-order valence-corrected chi connectivity index (χ0v) is 14.9. The van der Waals surface area contributed by atoms with Crippen LogP contribution < -0.4 is 0 Å². The summed E-state index contributed by atoms with van der Waals surface area (Å²) in [7, 11) is -3.69. The Hall–Kier alpha value is -0.350. The number of phosphoric ester groups is 1. The van der Waals surface area contributed by atoms with E-state index in [-0.39, 0.29) is 6.79 Å². The maximum atomic E-state index is 12.6. The van der Waals surface area contributed by atoms with Crippen molar-refractivity contribution >= 4 is 7.82 Å². The van der Waals surface area contributed by atoms with Gasteiger partial charge in [0.15, 0.2) is 6.79 Å². The first-order valence-corrected chi connectivity index (χ1v) is 8.31. The highest BCUT2D eigenvalue weighted by Gasteiger charge is 2.37. The SMILES string of the molecule is CC=C(CC)OCOP(=O)(OC(C)(C)C)OC(C)(C)C. The van der Waals surface area contributed by atoms with Gasteiger partial charge in [-0.05, 0) is 54.5 Å². The molecule has 0 heterocycles. The minimum absolute atomic E-state index is 0.170. The molecule has 0 atom stereocenters. The molecule has 0 aliphatic carbocycles. The van der Waals surface area contributed by atoms with E-state index in [2.05, 4.69) is 0 Å². The highest BCUT2D eigenvalue weighted by atomic mass is 31.2. The summed E-state index contributed by atoms with van der Waals surface area (Å²) in [4.78, 5) is 0. The highest BCUT2D eigenvalue weighted by Crippen LogP contribution is 2.55. The Morgan fingerprint density at radius 2 is 1.50 bits per heavy atom. The van der Waals surface area contributed by atoms with Gasteiger partial charge in [0.2, 0.25) is 0 Å². The normalized spacial score (nSPS) is 14.5. The monoisotopic (exact) mass is 308 g/mol.